The van der Waals surface area contributed by atoms with Gasteiger partial charge in [-0.2, -0.15) is 19.9 Å². The molecule has 0 atom stereocenters. The fraction of sp³-hybridized carbons (Fsp3) is 0.417. The Morgan fingerprint density at radius 3 is 2.58 bits per heavy atom. The van der Waals surface area contributed by atoms with Crippen LogP contribution in [-0.2, 0) is 9.53 Å². The second-order valence-corrected chi connectivity index (χ2v) is 9.08. The topological polar surface area (TPSA) is 125 Å². The van der Waals surface area contributed by atoms with E-state index in [9.17, 15) is 9.59 Å². The van der Waals surface area contributed by atoms with Crippen LogP contribution in [0.5, 0.6) is 0 Å². The fourth-order valence-electron chi connectivity index (χ4n) is 4.84. The maximum Gasteiger partial charge on any atom is 0.263 e. The second-order valence-electron chi connectivity index (χ2n) is 9.08. The number of benzene rings is 1. The van der Waals surface area contributed by atoms with Gasteiger partial charge >= 0.3 is 0 Å². The summed E-state index contributed by atoms with van der Waals surface area (Å²) < 4.78 is 6.90. The summed E-state index contributed by atoms with van der Waals surface area (Å²) in [6, 6.07) is 5.91. The first-order valence-electron chi connectivity index (χ1n) is 12.1. The van der Waals surface area contributed by atoms with E-state index in [0.29, 0.717) is 75.2 Å². The molecule has 0 bridgehead atoms. The molecule has 12 heteroatoms. The Kier molecular flexibility index (Phi) is 5.82. The molecular weight excluding hydrogens is 462 g/mol. The van der Waals surface area contributed by atoms with Crippen molar-refractivity contribution in [2.24, 2.45) is 0 Å². The highest BCUT2D eigenvalue weighted by atomic mass is 16.5. The summed E-state index contributed by atoms with van der Waals surface area (Å²) in [4.78, 5) is 40.7. The number of ether oxygens (including phenoxy) is 1. The van der Waals surface area contributed by atoms with Gasteiger partial charge in [0.2, 0.25) is 11.9 Å². The fourth-order valence-corrected chi connectivity index (χ4v) is 4.84. The Labute approximate surface area is 206 Å². The van der Waals surface area contributed by atoms with E-state index >= 15 is 0 Å². The van der Waals surface area contributed by atoms with Crippen LogP contribution >= 0.6 is 0 Å². The average Bonchev–Trinajstić information content (AvgIpc) is 3.56. The predicted octanol–water partition coefficient (Wildman–Crippen LogP) is 1.01. The predicted molar refractivity (Wildman–Crippen MR) is 133 cm³/mol. The van der Waals surface area contributed by atoms with Gasteiger partial charge < -0.3 is 14.5 Å². The van der Waals surface area contributed by atoms with E-state index in [1.807, 2.05) is 23.1 Å². The van der Waals surface area contributed by atoms with Gasteiger partial charge in [-0.25, -0.2) is 4.98 Å². The summed E-state index contributed by atoms with van der Waals surface area (Å²) in [5.41, 5.74) is 2.99. The molecule has 1 aromatic carbocycles. The lowest BCUT2D eigenvalue weighted by Crippen LogP contribution is -2.49. The zero-order valence-electron chi connectivity index (χ0n) is 20.1. The van der Waals surface area contributed by atoms with Crippen molar-refractivity contribution in [1.29, 1.82) is 0 Å². The first-order valence-corrected chi connectivity index (χ1v) is 12.1. The number of hydrogen-bond donors (Lipinski definition) is 1. The number of rotatable bonds is 4. The van der Waals surface area contributed by atoms with Gasteiger partial charge in [0.05, 0.1) is 48.7 Å². The molecular formula is C24H27N9O3. The van der Waals surface area contributed by atoms with E-state index in [1.165, 1.54) is 4.68 Å². The number of amides is 1. The van der Waals surface area contributed by atoms with Gasteiger partial charge in [-0.05, 0) is 6.07 Å². The van der Waals surface area contributed by atoms with Gasteiger partial charge in [-0.1, -0.05) is 12.1 Å². The van der Waals surface area contributed by atoms with Crippen molar-refractivity contribution in [1.82, 2.24) is 39.7 Å². The van der Waals surface area contributed by atoms with Crippen LogP contribution in [0.15, 0.2) is 30.6 Å². The lowest BCUT2D eigenvalue weighted by atomic mass is 10.1. The molecule has 3 aromatic heterocycles. The molecule has 1 N–H and O–H groups in total. The van der Waals surface area contributed by atoms with Gasteiger partial charge in [0.15, 0.2) is 5.65 Å². The summed E-state index contributed by atoms with van der Waals surface area (Å²) in [6.07, 6.45) is 3.45. The molecule has 0 unspecified atom stereocenters. The minimum Gasteiger partial charge on any atom is -0.378 e. The van der Waals surface area contributed by atoms with Gasteiger partial charge in [0.25, 0.3) is 5.91 Å². The summed E-state index contributed by atoms with van der Waals surface area (Å²) in [6.45, 7) is 6.83. The molecule has 186 valence electrons. The van der Waals surface area contributed by atoms with Crippen LogP contribution in [0.3, 0.4) is 0 Å². The van der Waals surface area contributed by atoms with Crippen molar-refractivity contribution in [2.45, 2.75) is 6.92 Å². The lowest BCUT2D eigenvalue weighted by Gasteiger charge is -2.33. The number of hydrogen-bond acceptors (Lipinski definition) is 9. The van der Waals surface area contributed by atoms with Crippen LogP contribution < -0.4 is 4.90 Å². The Morgan fingerprint density at radius 1 is 1.00 bits per heavy atom. The Bertz CT molecular complexity index is 1430. The molecule has 12 nitrogen and oxygen atoms in total. The van der Waals surface area contributed by atoms with Crippen LogP contribution in [0.4, 0.5) is 5.95 Å². The maximum absolute atomic E-state index is 13.4. The van der Waals surface area contributed by atoms with Crippen molar-refractivity contribution in [3.8, 4) is 11.3 Å². The molecule has 0 radical (unpaired) electrons. The number of nitrogens with one attached hydrogen (secondary N) is 1. The number of morpholine rings is 1. The summed E-state index contributed by atoms with van der Waals surface area (Å²) in [5.74, 6) is 0.442. The van der Waals surface area contributed by atoms with Crippen LogP contribution in [0.25, 0.3) is 33.2 Å². The summed E-state index contributed by atoms with van der Waals surface area (Å²) >= 11 is 0. The minimum absolute atomic E-state index is 0.0616. The Hall–Kier alpha value is -3.90. The van der Waals surface area contributed by atoms with Crippen molar-refractivity contribution >= 4 is 39.7 Å². The first-order chi connectivity index (χ1) is 17.6. The van der Waals surface area contributed by atoms with E-state index in [1.54, 1.807) is 24.2 Å². The summed E-state index contributed by atoms with van der Waals surface area (Å²) in [5, 5.41) is 13.3. The van der Waals surface area contributed by atoms with E-state index in [4.69, 9.17) is 14.7 Å². The average molecular weight is 490 g/mol. The molecule has 6 rings (SSSR count). The zero-order valence-corrected chi connectivity index (χ0v) is 20.1. The lowest BCUT2D eigenvalue weighted by molar-refractivity contribution is -0.130. The molecule has 0 aliphatic carbocycles. The highest BCUT2D eigenvalue weighted by molar-refractivity contribution is 6.03. The SMILES string of the molecule is CC(=O)N1CCN(CC(=O)n2ncc3c(-c4cccc5[nH]ncc45)nc(N4CCOCC4)nc32)CC1. The Balaban J connectivity index is 1.39. The molecule has 2 aliphatic rings. The van der Waals surface area contributed by atoms with Gasteiger partial charge in [0.1, 0.15) is 0 Å². The maximum atomic E-state index is 13.4. The molecule has 0 spiro atoms. The largest absolute Gasteiger partial charge is 0.378 e. The molecule has 36 heavy (non-hydrogen) atoms. The van der Waals surface area contributed by atoms with Crippen LogP contribution in [0, 0.1) is 0 Å². The summed E-state index contributed by atoms with van der Waals surface area (Å²) in [7, 11) is 0. The molecule has 5 heterocycles. The third-order valence-corrected chi connectivity index (χ3v) is 6.86. The molecule has 1 amide bonds. The number of anilines is 1. The number of aromatic nitrogens is 6. The van der Waals surface area contributed by atoms with E-state index < -0.39 is 0 Å². The van der Waals surface area contributed by atoms with E-state index in [0.717, 1.165) is 16.5 Å². The van der Waals surface area contributed by atoms with Crippen LogP contribution in [0.1, 0.15) is 11.7 Å². The molecule has 2 fully saturated rings. The van der Waals surface area contributed by atoms with Crippen molar-refractivity contribution in [2.75, 3.05) is 63.9 Å². The Morgan fingerprint density at radius 2 is 1.81 bits per heavy atom. The number of nitrogens with zero attached hydrogens (tertiary/aromatic N) is 8. The van der Waals surface area contributed by atoms with Gasteiger partial charge in [-0.3, -0.25) is 19.6 Å². The monoisotopic (exact) mass is 489 g/mol. The number of piperazine rings is 1. The number of fused-ring (bicyclic) bond motifs is 2. The normalized spacial score (nSPS) is 17.2. The molecule has 2 aliphatic heterocycles. The van der Waals surface area contributed by atoms with Crippen molar-refractivity contribution < 1.29 is 14.3 Å². The van der Waals surface area contributed by atoms with Crippen molar-refractivity contribution in [3.63, 3.8) is 0 Å². The highest BCUT2D eigenvalue weighted by Gasteiger charge is 2.25. The number of aromatic amines is 1. The van der Waals surface area contributed by atoms with E-state index in [-0.39, 0.29) is 18.4 Å². The first kappa shape index (κ1) is 22.6. The third kappa shape index (κ3) is 4.07. The number of carbonyl (C=O) groups is 2. The molecule has 2 saturated heterocycles. The standard InChI is InChI=1S/C24H27N9O3/c1-16(34)31-7-5-30(6-8-31)15-21(35)33-23-19(14-26-33)22(17-3-2-4-20-18(17)13-25-29-20)27-24(28-23)32-9-11-36-12-10-32/h2-4,13-14H,5-12,15H2,1H3,(H,25,29). The highest BCUT2D eigenvalue weighted by Crippen LogP contribution is 2.33. The van der Waals surface area contributed by atoms with Crippen LogP contribution in [0.2, 0.25) is 0 Å². The van der Waals surface area contributed by atoms with Gasteiger partial charge in [-0.15, -0.1) is 0 Å². The second kappa shape index (κ2) is 9.28. The smallest absolute Gasteiger partial charge is 0.263 e. The number of carbonyl (C=O) groups excluding carboxylic acids is 2. The molecule has 0 saturated carbocycles. The number of H-pyrrole nitrogens is 1. The van der Waals surface area contributed by atoms with Gasteiger partial charge in [0, 0.05) is 57.1 Å². The minimum atomic E-state index is -0.166. The quantitative estimate of drug-likeness (QED) is 0.447. The van der Waals surface area contributed by atoms with Crippen molar-refractivity contribution in [3.05, 3.63) is 30.6 Å². The third-order valence-electron chi connectivity index (χ3n) is 6.86. The van der Waals surface area contributed by atoms with E-state index in [2.05, 4.69) is 20.2 Å². The zero-order chi connectivity index (χ0) is 24.6. The van der Waals surface area contributed by atoms with Crippen LogP contribution in [-0.4, -0.2) is 111 Å². The molecule has 4 aromatic rings.